The maximum Gasteiger partial charge on any atom is 0.324 e. The quantitative estimate of drug-likeness (QED) is 0.648. The predicted octanol–water partition coefficient (Wildman–Crippen LogP) is 1.79. The Morgan fingerprint density at radius 1 is 1.40 bits per heavy atom. The van der Waals surface area contributed by atoms with E-state index < -0.39 is 11.0 Å². The first-order valence-electron chi connectivity index (χ1n) is 5.74. The minimum Gasteiger partial charge on any atom is -0.403 e. The van der Waals surface area contributed by atoms with Crippen molar-refractivity contribution in [3.63, 3.8) is 0 Å². The molecule has 2 aromatic rings. The number of benzene rings is 1. The van der Waals surface area contributed by atoms with Crippen molar-refractivity contribution in [2.24, 2.45) is 0 Å². The summed E-state index contributed by atoms with van der Waals surface area (Å²) in [5.74, 6) is -0.0379. The number of nitro groups is 1. The van der Waals surface area contributed by atoms with E-state index in [-0.39, 0.29) is 23.2 Å². The lowest BCUT2D eigenvalue weighted by atomic mass is 10.2. The summed E-state index contributed by atoms with van der Waals surface area (Å²) in [6.07, 6.45) is 0. The maximum absolute atomic E-state index is 11.3. The highest BCUT2D eigenvalue weighted by Gasteiger charge is 2.19. The molecule has 0 fully saturated rings. The Morgan fingerprint density at radius 2 is 2.15 bits per heavy atom. The van der Waals surface area contributed by atoms with E-state index in [2.05, 4.69) is 20.8 Å². The third-order valence-electron chi connectivity index (χ3n) is 2.31. The van der Waals surface area contributed by atoms with Gasteiger partial charge in [-0.2, -0.15) is 0 Å². The number of aromatic nitrogens is 2. The molecule has 1 heterocycles. The number of nitro benzene ring substituents is 1. The number of amides is 2. The van der Waals surface area contributed by atoms with Gasteiger partial charge in [-0.05, 0) is 13.0 Å². The second-order valence-electron chi connectivity index (χ2n) is 3.67. The van der Waals surface area contributed by atoms with Crippen LogP contribution >= 0.6 is 0 Å². The maximum atomic E-state index is 11.3. The highest BCUT2D eigenvalue weighted by molar-refractivity contribution is 5.86. The molecule has 2 rings (SSSR count). The van der Waals surface area contributed by atoms with E-state index >= 15 is 0 Å². The smallest absolute Gasteiger partial charge is 0.324 e. The molecule has 9 heteroatoms. The van der Waals surface area contributed by atoms with E-state index in [0.717, 1.165) is 0 Å². The van der Waals surface area contributed by atoms with Gasteiger partial charge in [0.2, 0.25) is 0 Å². The molecular formula is C11H11N5O4. The lowest BCUT2D eigenvalue weighted by molar-refractivity contribution is -0.384. The minimum absolute atomic E-state index is 0.0379. The zero-order valence-corrected chi connectivity index (χ0v) is 10.5. The lowest BCUT2D eigenvalue weighted by Crippen LogP contribution is -2.28. The van der Waals surface area contributed by atoms with Crippen LogP contribution in [0.15, 0.2) is 28.7 Å². The van der Waals surface area contributed by atoms with E-state index in [1.807, 2.05) is 0 Å². The van der Waals surface area contributed by atoms with Crippen LogP contribution in [0.3, 0.4) is 0 Å². The van der Waals surface area contributed by atoms with Crippen molar-refractivity contribution in [1.82, 2.24) is 15.5 Å². The van der Waals surface area contributed by atoms with E-state index in [1.54, 1.807) is 13.0 Å². The summed E-state index contributed by atoms with van der Waals surface area (Å²) in [6.45, 7) is 2.20. The Labute approximate surface area is 113 Å². The standard InChI is InChI=1S/C11H11N5O4/c1-2-12-10(17)13-11-15-14-9(20-11)7-5-3-4-6-8(7)16(18)19/h3-6H,2H2,1H3,(H2,12,13,15,17). The predicted molar refractivity (Wildman–Crippen MR) is 69.1 cm³/mol. The van der Waals surface area contributed by atoms with Crippen molar-refractivity contribution in [3.8, 4) is 11.5 Å². The Kier molecular flexibility index (Phi) is 3.89. The van der Waals surface area contributed by atoms with Gasteiger partial charge in [0.1, 0.15) is 5.56 Å². The number of urea groups is 1. The van der Waals surface area contributed by atoms with Gasteiger partial charge >= 0.3 is 12.0 Å². The summed E-state index contributed by atoms with van der Waals surface area (Å²) in [5, 5.41) is 23.0. The van der Waals surface area contributed by atoms with E-state index in [4.69, 9.17) is 4.42 Å². The van der Waals surface area contributed by atoms with E-state index in [1.165, 1.54) is 18.2 Å². The van der Waals surface area contributed by atoms with E-state index in [9.17, 15) is 14.9 Å². The average Bonchev–Trinajstić information content (AvgIpc) is 2.87. The SMILES string of the molecule is CCNC(=O)Nc1nnc(-c2ccccc2[N+](=O)[O-])o1. The number of anilines is 1. The number of hydrogen-bond acceptors (Lipinski definition) is 6. The van der Waals surface area contributed by atoms with Crippen LogP contribution < -0.4 is 10.6 Å². The Bertz CT molecular complexity index is 639. The van der Waals surface area contributed by atoms with Gasteiger partial charge in [-0.1, -0.05) is 17.2 Å². The first-order chi connectivity index (χ1) is 9.61. The van der Waals surface area contributed by atoms with Gasteiger partial charge in [0.25, 0.3) is 11.6 Å². The largest absolute Gasteiger partial charge is 0.403 e. The van der Waals surface area contributed by atoms with Gasteiger partial charge < -0.3 is 9.73 Å². The zero-order chi connectivity index (χ0) is 14.5. The Balaban J connectivity index is 2.25. The molecule has 9 nitrogen and oxygen atoms in total. The number of rotatable bonds is 4. The van der Waals surface area contributed by atoms with Gasteiger partial charge in [-0.15, -0.1) is 5.10 Å². The highest BCUT2D eigenvalue weighted by atomic mass is 16.6. The van der Waals surface area contributed by atoms with Gasteiger partial charge in [-0.25, -0.2) is 4.79 Å². The topological polar surface area (TPSA) is 123 Å². The third kappa shape index (κ3) is 2.88. The molecule has 0 aliphatic rings. The zero-order valence-electron chi connectivity index (χ0n) is 10.5. The third-order valence-corrected chi connectivity index (χ3v) is 2.31. The number of para-hydroxylation sites is 1. The molecule has 20 heavy (non-hydrogen) atoms. The molecule has 0 spiro atoms. The van der Waals surface area contributed by atoms with Crippen LogP contribution in [0, 0.1) is 10.1 Å². The molecule has 0 saturated carbocycles. The monoisotopic (exact) mass is 277 g/mol. The molecule has 0 unspecified atom stereocenters. The summed E-state index contributed by atoms with van der Waals surface area (Å²) >= 11 is 0. The fourth-order valence-electron chi connectivity index (χ4n) is 1.50. The van der Waals surface area contributed by atoms with Crippen molar-refractivity contribution in [2.45, 2.75) is 6.92 Å². The van der Waals surface area contributed by atoms with Crippen molar-refractivity contribution < 1.29 is 14.1 Å². The normalized spacial score (nSPS) is 10.1. The molecule has 2 amide bonds. The molecular weight excluding hydrogens is 266 g/mol. The summed E-state index contributed by atoms with van der Waals surface area (Å²) in [7, 11) is 0. The van der Waals surface area contributed by atoms with E-state index in [0.29, 0.717) is 6.54 Å². The summed E-state index contributed by atoms with van der Waals surface area (Å²) in [6, 6.07) is 5.34. The second-order valence-corrected chi connectivity index (χ2v) is 3.67. The number of hydrogen-bond donors (Lipinski definition) is 2. The van der Waals surface area contributed by atoms with Crippen molar-refractivity contribution in [1.29, 1.82) is 0 Å². The molecule has 1 aromatic carbocycles. The Morgan fingerprint density at radius 3 is 2.85 bits per heavy atom. The lowest BCUT2D eigenvalue weighted by Gasteiger charge is -2.00. The molecule has 0 aliphatic heterocycles. The number of nitrogens with zero attached hydrogens (tertiary/aromatic N) is 3. The average molecular weight is 277 g/mol. The fourth-order valence-corrected chi connectivity index (χ4v) is 1.50. The summed E-state index contributed by atoms with van der Waals surface area (Å²) in [5.41, 5.74) is 0.0367. The first kappa shape index (κ1) is 13.5. The van der Waals surface area contributed by atoms with Crippen LogP contribution in [0.25, 0.3) is 11.5 Å². The van der Waals surface area contributed by atoms with Crippen LogP contribution in [0.1, 0.15) is 6.92 Å². The van der Waals surface area contributed by atoms with Crippen LogP contribution in [0.2, 0.25) is 0 Å². The van der Waals surface area contributed by atoms with Crippen LogP contribution in [-0.4, -0.2) is 27.7 Å². The molecule has 0 atom stereocenters. The molecule has 0 radical (unpaired) electrons. The number of carbonyl (C=O) groups is 1. The number of nitrogens with one attached hydrogen (secondary N) is 2. The Hall–Kier alpha value is -2.97. The molecule has 1 aromatic heterocycles. The van der Waals surface area contributed by atoms with Gasteiger partial charge in [0.15, 0.2) is 0 Å². The van der Waals surface area contributed by atoms with Crippen molar-refractivity contribution >= 4 is 17.7 Å². The molecule has 0 bridgehead atoms. The van der Waals surface area contributed by atoms with Gasteiger partial charge in [0, 0.05) is 12.6 Å². The van der Waals surface area contributed by atoms with Crippen LogP contribution in [-0.2, 0) is 0 Å². The molecule has 0 aliphatic carbocycles. The molecule has 2 N–H and O–H groups in total. The van der Waals surface area contributed by atoms with Crippen LogP contribution in [0.5, 0.6) is 0 Å². The highest BCUT2D eigenvalue weighted by Crippen LogP contribution is 2.28. The molecule has 104 valence electrons. The van der Waals surface area contributed by atoms with Crippen molar-refractivity contribution in [2.75, 3.05) is 11.9 Å². The van der Waals surface area contributed by atoms with Crippen LogP contribution in [0.4, 0.5) is 16.5 Å². The fraction of sp³-hybridized carbons (Fsp3) is 0.182. The first-order valence-corrected chi connectivity index (χ1v) is 5.74. The van der Waals surface area contributed by atoms with Gasteiger partial charge in [-0.3, -0.25) is 15.4 Å². The minimum atomic E-state index is -0.545. The number of carbonyl (C=O) groups excluding carboxylic acids is 1. The summed E-state index contributed by atoms with van der Waals surface area (Å²) < 4.78 is 5.18. The summed E-state index contributed by atoms with van der Waals surface area (Å²) in [4.78, 5) is 21.6. The van der Waals surface area contributed by atoms with Gasteiger partial charge in [0.05, 0.1) is 4.92 Å². The van der Waals surface area contributed by atoms with Crippen molar-refractivity contribution in [3.05, 3.63) is 34.4 Å². The molecule has 0 saturated heterocycles. The second kappa shape index (κ2) is 5.78.